The minimum absolute atomic E-state index is 0.257. The van der Waals surface area contributed by atoms with Gasteiger partial charge >= 0.3 is 0 Å². The number of imide groups is 1. The third-order valence-electron chi connectivity index (χ3n) is 4.08. The van der Waals surface area contributed by atoms with Gasteiger partial charge < -0.3 is 19.5 Å². The lowest BCUT2D eigenvalue weighted by atomic mass is 10.1. The van der Waals surface area contributed by atoms with E-state index in [0.29, 0.717) is 31.1 Å². The molecule has 0 bridgehead atoms. The maximum Gasteiger partial charge on any atom is 0.294 e. The summed E-state index contributed by atoms with van der Waals surface area (Å²) in [5, 5.41) is 2.19. The number of aryl methyl sites for hydroxylation is 1. The number of amides is 3. The zero-order valence-electron chi connectivity index (χ0n) is 16.4. The van der Waals surface area contributed by atoms with E-state index in [-0.39, 0.29) is 17.4 Å². The van der Waals surface area contributed by atoms with E-state index in [9.17, 15) is 14.4 Å². The topological polar surface area (TPSA) is 94.2 Å². The number of nitrogens with one attached hydrogen (secondary N) is 1. The molecule has 28 heavy (non-hydrogen) atoms. The number of carbonyl (C=O) groups excluding carboxylic acids is 3. The SMILES string of the molecule is COCCCNC(=O)CN1C(=O)S/C(=C\c2cc(OC)c(OC)cc2C)C1=O. The van der Waals surface area contributed by atoms with Crippen molar-refractivity contribution in [1.29, 1.82) is 0 Å². The molecule has 8 nitrogen and oxygen atoms in total. The number of methoxy groups -OCH3 is 3. The number of hydrogen-bond donors (Lipinski definition) is 1. The Morgan fingerprint density at radius 2 is 1.86 bits per heavy atom. The van der Waals surface area contributed by atoms with Crippen LogP contribution in [0.2, 0.25) is 0 Å². The number of rotatable bonds is 9. The van der Waals surface area contributed by atoms with E-state index in [0.717, 1.165) is 27.8 Å². The summed E-state index contributed by atoms with van der Waals surface area (Å²) < 4.78 is 15.4. The molecule has 152 valence electrons. The van der Waals surface area contributed by atoms with E-state index < -0.39 is 11.1 Å². The summed E-state index contributed by atoms with van der Waals surface area (Å²) in [5.74, 6) is 0.225. The second-order valence-corrected chi connectivity index (χ2v) is 7.02. The molecule has 3 amide bonds. The van der Waals surface area contributed by atoms with Crippen LogP contribution >= 0.6 is 11.8 Å². The van der Waals surface area contributed by atoms with Crippen LogP contribution < -0.4 is 14.8 Å². The molecule has 1 aliphatic rings. The van der Waals surface area contributed by atoms with Crippen molar-refractivity contribution in [2.45, 2.75) is 13.3 Å². The van der Waals surface area contributed by atoms with Crippen LogP contribution in [0.1, 0.15) is 17.5 Å². The van der Waals surface area contributed by atoms with Gasteiger partial charge in [-0.1, -0.05) is 0 Å². The number of benzene rings is 1. The van der Waals surface area contributed by atoms with Gasteiger partial charge in [-0.3, -0.25) is 19.3 Å². The summed E-state index contributed by atoms with van der Waals surface area (Å²) in [6.45, 7) is 2.50. The molecule has 2 rings (SSSR count). The third-order valence-corrected chi connectivity index (χ3v) is 4.99. The molecule has 1 aromatic rings. The van der Waals surface area contributed by atoms with Gasteiger partial charge in [-0.25, -0.2) is 0 Å². The molecule has 1 fully saturated rings. The predicted molar refractivity (Wildman–Crippen MR) is 106 cm³/mol. The number of thioether (sulfide) groups is 1. The van der Waals surface area contributed by atoms with Crippen molar-refractivity contribution in [3.05, 3.63) is 28.2 Å². The molecule has 0 saturated carbocycles. The Bertz CT molecular complexity index is 793. The van der Waals surface area contributed by atoms with Gasteiger partial charge in [-0.2, -0.15) is 0 Å². The van der Waals surface area contributed by atoms with Gasteiger partial charge in [0.2, 0.25) is 5.91 Å². The highest BCUT2D eigenvalue weighted by Crippen LogP contribution is 2.35. The van der Waals surface area contributed by atoms with Crippen molar-refractivity contribution in [1.82, 2.24) is 10.2 Å². The summed E-state index contributed by atoms with van der Waals surface area (Å²) in [6, 6.07) is 3.53. The summed E-state index contributed by atoms with van der Waals surface area (Å²) in [5.41, 5.74) is 1.59. The van der Waals surface area contributed by atoms with Crippen LogP contribution in [0.5, 0.6) is 11.5 Å². The van der Waals surface area contributed by atoms with Crippen molar-refractivity contribution in [3.8, 4) is 11.5 Å². The quantitative estimate of drug-likeness (QED) is 0.494. The number of nitrogens with zero attached hydrogens (tertiary/aromatic N) is 1. The van der Waals surface area contributed by atoms with Gasteiger partial charge in [-0.05, 0) is 54.4 Å². The monoisotopic (exact) mass is 408 g/mol. The molecule has 0 radical (unpaired) electrons. The lowest BCUT2D eigenvalue weighted by Crippen LogP contribution is -2.39. The maximum absolute atomic E-state index is 12.6. The Morgan fingerprint density at radius 3 is 2.50 bits per heavy atom. The molecule has 0 spiro atoms. The summed E-state index contributed by atoms with van der Waals surface area (Å²) in [7, 11) is 4.65. The Kier molecular flexibility index (Phi) is 7.89. The van der Waals surface area contributed by atoms with Gasteiger partial charge in [-0.15, -0.1) is 0 Å². The van der Waals surface area contributed by atoms with Crippen LogP contribution in [0, 0.1) is 6.92 Å². The average molecular weight is 408 g/mol. The second-order valence-electron chi connectivity index (χ2n) is 6.03. The van der Waals surface area contributed by atoms with Crippen LogP contribution in [-0.4, -0.2) is 63.0 Å². The summed E-state index contributed by atoms with van der Waals surface area (Å²) >= 11 is 0.809. The molecule has 1 saturated heterocycles. The van der Waals surface area contributed by atoms with Gasteiger partial charge in [0.25, 0.3) is 11.1 Å². The smallest absolute Gasteiger partial charge is 0.294 e. The predicted octanol–water partition coefficient (Wildman–Crippen LogP) is 2.20. The Labute approximate surface area is 168 Å². The summed E-state index contributed by atoms with van der Waals surface area (Å²) in [4.78, 5) is 37.9. The van der Waals surface area contributed by atoms with Gasteiger partial charge in [0, 0.05) is 20.3 Å². The first kappa shape index (κ1) is 21.8. The van der Waals surface area contributed by atoms with E-state index in [1.165, 1.54) is 7.11 Å². The normalized spacial score (nSPS) is 15.3. The molecule has 0 aliphatic carbocycles. The number of carbonyl (C=O) groups is 3. The minimum atomic E-state index is -0.490. The van der Waals surface area contributed by atoms with Crippen LogP contribution in [0.15, 0.2) is 17.0 Å². The zero-order chi connectivity index (χ0) is 20.7. The molecular weight excluding hydrogens is 384 g/mol. The van der Waals surface area contributed by atoms with Crippen LogP contribution in [0.25, 0.3) is 6.08 Å². The van der Waals surface area contributed by atoms with Crippen molar-refractivity contribution in [3.63, 3.8) is 0 Å². The van der Waals surface area contributed by atoms with Gasteiger partial charge in [0.1, 0.15) is 6.54 Å². The fraction of sp³-hybridized carbons (Fsp3) is 0.421. The first-order valence-electron chi connectivity index (χ1n) is 8.64. The van der Waals surface area contributed by atoms with Crippen molar-refractivity contribution < 1.29 is 28.6 Å². The number of hydrogen-bond acceptors (Lipinski definition) is 7. The Balaban J connectivity index is 2.11. The largest absolute Gasteiger partial charge is 0.493 e. The zero-order valence-corrected chi connectivity index (χ0v) is 17.2. The molecule has 1 aliphatic heterocycles. The fourth-order valence-corrected chi connectivity index (χ4v) is 3.40. The Hall–Kier alpha value is -2.52. The first-order valence-corrected chi connectivity index (χ1v) is 9.46. The molecule has 0 unspecified atom stereocenters. The summed E-state index contributed by atoms with van der Waals surface area (Å²) in [6.07, 6.45) is 2.28. The molecule has 0 atom stereocenters. The highest BCUT2D eigenvalue weighted by atomic mass is 32.2. The molecule has 9 heteroatoms. The minimum Gasteiger partial charge on any atom is -0.493 e. The second kappa shape index (κ2) is 10.1. The van der Waals surface area contributed by atoms with Crippen molar-refractivity contribution >= 4 is 34.9 Å². The van der Waals surface area contributed by atoms with Gasteiger partial charge in [0.15, 0.2) is 11.5 Å². The first-order chi connectivity index (χ1) is 13.4. The third kappa shape index (κ3) is 5.26. The lowest BCUT2D eigenvalue weighted by molar-refractivity contribution is -0.129. The standard InChI is InChI=1S/C19H24N2O6S/c1-12-8-14(26-3)15(27-4)9-13(12)10-16-18(23)21(19(24)28-16)11-17(22)20-6-5-7-25-2/h8-10H,5-7,11H2,1-4H3,(H,20,22)/b16-10-. The molecule has 0 aromatic heterocycles. The van der Waals surface area contributed by atoms with Crippen molar-refractivity contribution in [2.75, 3.05) is 41.0 Å². The van der Waals surface area contributed by atoms with E-state index >= 15 is 0 Å². The maximum atomic E-state index is 12.6. The molecule has 1 aromatic carbocycles. The van der Waals surface area contributed by atoms with E-state index in [2.05, 4.69) is 5.32 Å². The highest BCUT2D eigenvalue weighted by Gasteiger charge is 2.36. The van der Waals surface area contributed by atoms with Crippen molar-refractivity contribution in [2.24, 2.45) is 0 Å². The molecule has 1 N–H and O–H groups in total. The number of ether oxygens (including phenoxy) is 3. The van der Waals surface area contributed by atoms with E-state index in [1.54, 1.807) is 32.4 Å². The lowest BCUT2D eigenvalue weighted by Gasteiger charge is -2.12. The Morgan fingerprint density at radius 1 is 1.18 bits per heavy atom. The van der Waals surface area contributed by atoms with Crippen LogP contribution in [0.4, 0.5) is 4.79 Å². The fourth-order valence-electron chi connectivity index (χ4n) is 2.57. The van der Waals surface area contributed by atoms with E-state index in [4.69, 9.17) is 14.2 Å². The van der Waals surface area contributed by atoms with Crippen LogP contribution in [0.3, 0.4) is 0 Å². The van der Waals surface area contributed by atoms with Gasteiger partial charge in [0.05, 0.1) is 19.1 Å². The molecule has 1 heterocycles. The van der Waals surface area contributed by atoms with Crippen LogP contribution in [-0.2, 0) is 14.3 Å². The molecular formula is C19H24N2O6S. The highest BCUT2D eigenvalue weighted by molar-refractivity contribution is 8.18. The average Bonchev–Trinajstić information content (AvgIpc) is 2.93. The van der Waals surface area contributed by atoms with E-state index in [1.807, 2.05) is 6.92 Å².